The number of carbonyl (C=O) groups excluding carboxylic acids is 1. The van der Waals surface area contributed by atoms with Crippen LogP contribution in [-0.4, -0.2) is 34.0 Å². The number of hydrogen-bond acceptors (Lipinski definition) is 4. The molecule has 3 rings (SSSR count). The molecule has 0 saturated carbocycles. The number of thiazole rings is 1. The van der Waals surface area contributed by atoms with Crippen LogP contribution in [0, 0.1) is 0 Å². The van der Waals surface area contributed by atoms with E-state index in [0.717, 1.165) is 18.4 Å². The van der Waals surface area contributed by atoms with E-state index in [4.69, 9.17) is 0 Å². The molecule has 1 aliphatic rings. The van der Waals surface area contributed by atoms with Crippen LogP contribution in [0.4, 0.5) is 0 Å². The number of aromatic hydroxyl groups is 1. The molecule has 1 N–H and O–H groups in total. The number of rotatable bonds is 3. The maximum atomic E-state index is 12.6. The summed E-state index contributed by atoms with van der Waals surface area (Å²) < 4.78 is 0. The van der Waals surface area contributed by atoms with Crippen molar-refractivity contribution in [3.8, 4) is 5.75 Å². The number of amides is 1. The van der Waals surface area contributed by atoms with Crippen LogP contribution < -0.4 is 0 Å². The predicted octanol–water partition coefficient (Wildman–Crippen LogP) is 3.99. The van der Waals surface area contributed by atoms with Crippen LogP contribution in [0.15, 0.2) is 29.8 Å². The molecule has 4 nitrogen and oxygen atoms in total. The lowest BCUT2D eigenvalue weighted by Crippen LogP contribution is -2.37. The highest BCUT2D eigenvalue weighted by atomic mass is 32.1. The third kappa shape index (κ3) is 3.39. The van der Waals surface area contributed by atoms with E-state index < -0.39 is 0 Å². The molecule has 0 unspecified atom stereocenters. The minimum Gasteiger partial charge on any atom is -0.507 e. The Morgan fingerprint density at radius 2 is 2.09 bits per heavy atom. The van der Waals surface area contributed by atoms with Gasteiger partial charge in [0, 0.05) is 30.6 Å². The van der Waals surface area contributed by atoms with Gasteiger partial charge in [-0.25, -0.2) is 4.98 Å². The van der Waals surface area contributed by atoms with Gasteiger partial charge in [0.2, 0.25) is 0 Å². The third-order valence-corrected chi connectivity index (χ3v) is 5.44. The first-order valence-electron chi connectivity index (χ1n) is 8.08. The van der Waals surface area contributed by atoms with Crippen molar-refractivity contribution in [3.05, 3.63) is 45.9 Å². The average molecular weight is 330 g/mol. The summed E-state index contributed by atoms with van der Waals surface area (Å²) in [5.74, 6) is 0.800. The largest absolute Gasteiger partial charge is 0.507 e. The fourth-order valence-electron chi connectivity index (χ4n) is 3.02. The summed E-state index contributed by atoms with van der Waals surface area (Å²) in [5.41, 5.74) is 1.45. The fraction of sp³-hybridized carbons (Fsp3) is 0.444. The quantitative estimate of drug-likeness (QED) is 0.926. The normalized spacial score (nSPS) is 16.0. The second kappa shape index (κ2) is 6.71. The first-order chi connectivity index (χ1) is 11.1. The highest BCUT2D eigenvalue weighted by Gasteiger charge is 2.27. The second-order valence-electron chi connectivity index (χ2n) is 6.37. The summed E-state index contributed by atoms with van der Waals surface area (Å²) in [7, 11) is 0. The monoisotopic (exact) mass is 330 g/mol. The molecule has 0 spiro atoms. The molecular formula is C18H22N2O2S. The van der Waals surface area contributed by atoms with Crippen LogP contribution in [0.3, 0.4) is 0 Å². The van der Waals surface area contributed by atoms with Gasteiger partial charge in [-0.3, -0.25) is 4.79 Å². The van der Waals surface area contributed by atoms with E-state index in [9.17, 15) is 9.90 Å². The Kier molecular flexibility index (Phi) is 4.66. The van der Waals surface area contributed by atoms with Gasteiger partial charge in [0.1, 0.15) is 5.75 Å². The van der Waals surface area contributed by atoms with Crippen molar-refractivity contribution in [1.82, 2.24) is 9.88 Å². The number of phenols is 1. The van der Waals surface area contributed by atoms with Gasteiger partial charge in [-0.05, 0) is 36.5 Å². The molecule has 0 aliphatic carbocycles. The Labute approximate surface area is 140 Å². The molecule has 1 saturated heterocycles. The zero-order chi connectivity index (χ0) is 16.4. The molecule has 1 aliphatic heterocycles. The van der Waals surface area contributed by atoms with Gasteiger partial charge >= 0.3 is 0 Å². The maximum Gasteiger partial charge on any atom is 0.257 e. The lowest BCUT2D eigenvalue weighted by atomic mass is 9.96. The van der Waals surface area contributed by atoms with Gasteiger partial charge in [-0.2, -0.15) is 0 Å². The van der Waals surface area contributed by atoms with Crippen LogP contribution in [0.25, 0.3) is 0 Å². The molecular weight excluding hydrogens is 308 g/mol. The smallest absolute Gasteiger partial charge is 0.257 e. The predicted molar refractivity (Wildman–Crippen MR) is 92.2 cm³/mol. The summed E-state index contributed by atoms with van der Waals surface area (Å²) in [6.45, 7) is 5.57. The van der Waals surface area contributed by atoms with Gasteiger partial charge < -0.3 is 10.0 Å². The Balaban J connectivity index is 1.68. The van der Waals surface area contributed by atoms with Crippen molar-refractivity contribution in [2.45, 2.75) is 38.5 Å². The molecule has 2 aromatic rings. The van der Waals surface area contributed by atoms with Crippen LogP contribution in [0.1, 0.15) is 59.5 Å². The van der Waals surface area contributed by atoms with E-state index in [-0.39, 0.29) is 11.7 Å². The maximum absolute atomic E-state index is 12.6. The van der Waals surface area contributed by atoms with Crippen LogP contribution in [0.2, 0.25) is 0 Å². The molecule has 0 radical (unpaired) electrons. The van der Waals surface area contributed by atoms with Crippen molar-refractivity contribution in [2.24, 2.45) is 0 Å². The Bertz CT molecular complexity index is 674. The van der Waals surface area contributed by atoms with Crippen molar-refractivity contribution in [1.29, 1.82) is 0 Å². The molecule has 1 fully saturated rings. The zero-order valence-electron chi connectivity index (χ0n) is 13.5. The molecule has 1 aromatic heterocycles. The van der Waals surface area contributed by atoms with E-state index in [2.05, 4.69) is 18.8 Å². The van der Waals surface area contributed by atoms with Crippen molar-refractivity contribution in [2.75, 3.05) is 13.1 Å². The molecule has 0 bridgehead atoms. The minimum atomic E-state index is -0.0737. The fourth-order valence-corrected chi connectivity index (χ4v) is 3.84. The number of carbonyl (C=O) groups is 1. The van der Waals surface area contributed by atoms with Gasteiger partial charge in [0.05, 0.1) is 10.6 Å². The van der Waals surface area contributed by atoms with E-state index in [0.29, 0.717) is 30.5 Å². The van der Waals surface area contributed by atoms with Gasteiger partial charge in [0.15, 0.2) is 0 Å². The highest BCUT2D eigenvalue weighted by molar-refractivity contribution is 7.09. The van der Waals surface area contributed by atoms with Crippen LogP contribution in [0.5, 0.6) is 5.75 Å². The number of benzene rings is 1. The van der Waals surface area contributed by atoms with Gasteiger partial charge in [-0.15, -0.1) is 11.3 Å². The summed E-state index contributed by atoms with van der Waals surface area (Å²) in [5, 5.41) is 13.4. The molecule has 5 heteroatoms. The third-order valence-electron chi connectivity index (χ3n) is 4.50. The Morgan fingerprint density at radius 3 is 2.65 bits per heavy atom. The molecule has 1 aromatic carbocycles. The number of phenolic OH excluding ortho intramolecular Hbond substituents is 1. The average Bonchev–Trinajstić information content (AvgIpc) is 3.08. The van der Waals surface area contributed by atoms with Gasteiger partial charge in [-0.1, -0.05) is 19.9 Å². The van der Waals surface area contributed by atoms with Crippen molar-refractivity contribution >= 4 is 17.2 Å². The van der Waals surface area contributed by atoms with E-state index >= 15 is 0 Å². The molecule has 0 atom stereocenters. The molecule has 122 valence electrons. The van der Waals surface area contributed by atoms with Crippen LogP contribution in [-0.2, 0) is 0 Å². The number of hydrogen-bond donors (Lipinski definition) is 1. The standard InChI is InChI=1S/C18H22N2O2S/c1-12(2)14-3-4-15(16(21)11-14)18(22)20-8-5-13(6-9-20)17-19-7-10-23-17/h3-4,7,10-13,21H,5-6,8-9H2,1-2H3. The summed E-state index contributed by atoms with van der Waals surface area (Å²) >= 11 is 1.69. The van der Waals surface area contributed by atoms with Gasteiger partial charge in [0.25, 0.3) is 5.91 Å². The first kappa shape index (κ1) is 16.0. The summed E-state index contributed by atoms with van der Waals surface area (Å²) in [4.78, 5) is 18.9. The van der Waals surface area contributed by atoms with Crippen molar-refractivity contribution in [3.63, 3.8) is 0 Å². The topological polar surface area (TPSA) is 53.4 Å². The van der Waals surface area contributed by atoms with E-state index in [1.165, 1.54) is 5.01 Å². The molecule has 1 amide bonds. The highest BCUT2D eigenvalue weighted by Crippen LogP contribution is 2.31. The van der Waals surface area contributed by atoms with Crippen LogP contribution >= 0.6 is 11.3 Å². The second-order valence-corrected chi connectivity index (χ2v) is 7.29. The Morgan fingerprint density at radius 1 is 1.35 bits per heavy atom. The van der Waals surface area contributed by atoms with E-state index in [1.54, 1.807) is 23.5 Å². The number of nitrogens with zero attached hydrogens (tertiary/aromatic N) is 2. The summed E-state index contributed by atoms with van der Waals surface area (Å²) in [6.07, 6.45) is 3.71. The number of piperidine rings is 1. The van der Waals surface area contributed by atoms with E-state index in [1.807, 2.05) is 22.5 Å². The minimum absolute atomic E-state index is 0.0737. The lowest BCUT2D eigenvalue weighted by Gasteiger charge is -2.31. The zero-order valence-corrected chi connectivity index (χ0v) is 14.3. The molecule has 23 heavy (non-hydrogen) atoms. The summed E-state index contributed by atoms with van der Waals surface area (Å²) in [6, 6.07) is 5.39. The number of likely N-dealkylation sites (tertiary alicyclic amines) is 1. The first-order valence-corrected chi connectivity index (χ1v) is 8.95. The lowest BCUT2D eigenvalue weighted by molar-refractivity contribution is 0.0710. The molecule has 2 heterocycles. The number of aromatic nitrogens is 1. The SMILES string of the molecule is CC(C)c1ccc(C(=O)N2CCC(c3nccs3)CC2)c(O)c1. The van der Waals surface area contributed by atoms with Crippen molar-refractivity contribution < 1.29 is 9.90 Å². The Hall–Kier alpha value is -1.88.